The SMILES string of the molecule is CC(C)NCCSC1CC2=CC(=O)O[C@@]23C[C@@H]1N1CCCC[C@@H]13.O=C1C=C2C[C@H](NCCc3c[nH]c4ccccc34)[C@@H]3C[C@@]2(O1)[C@H]1CCCCN31. The summed E-state index contributed by atoms with van der Waals surface area (Å²) in [6, 6.07) is 11.4. The molecule has 1 aromatic carbocycles. The van der Waals surface area contributed by atoms with Gasteiger partial charge in [-0.05, 0) is 87.4 Å². The van der Waals surface area contributed by atoms with Gasteiger partial charge in [-0.1, -0.05) is 44.9 Å². The van der Waals surface area contributed by atoms with Crippen LogP contribution >= 0.6 is 11.8 Å². The van der Waals surface area contributed by atoms with Gasteiger partial charge in [0.25, 0.3) is 0 Å². The number of nitrogens with zero attached hydrogens (tertiary/aromatic N) is 2. The second-order valence-electron chi connectivity index (χ2n) is 16.6. The first-order valence-electron chi connectivity index (χ1n) is 19.9. The van der Waals surface area contributed by atoms with Crippen LogP contribution in [0.3, 0.4) is 0 Å². The average Bonchev–Trinajstić information content (AvgIpc) is 3.92. The molecule has 4 bridgehead atoms. The lowest BCUT2D eigenvalue weighted by atomic mass is 9.75. The van der Waals surface area contributed by atoms with Gasteiger partial charge in [-0.3, -0.25) is 9.80 Å². The zero-order chi connectivity index (χ0) is 34.7. The van der Waals surface area contributed by atoms with Crippen molar-refractivity contribution < 1.29 is 19.1 Å². The first kappa shape index (κ1) is 34.2. The summed E-state index contributed by atoms with van der Waals surface area (Å²) in [4.78, 5) is 32.8. The van der Waals surface area contributed by atoms with Crippen molar-refractivity contribution in [3.8, 4) is 0 Å². The molecular formula is C41H55N5O4S. The third kappa shape index (κ3) is 5.92. The molecule has 7 heterocycles. The predicted molar refractivity (Wildman–Crippen MR) is 202 cm³/mol. The second-order valence-corrected chi connectivity index (χ2v) is 17.9. The average molecular weight is 714 g/mol. The minimum Gasteiger partial charge on any atom is -0.450 e. The number of nitrogens with one attached hydrogen (secondary N) is 3. The summed E-state index contributed by atoms with van der Waals surface area (Å²) in [6.07, 6.45) is 18.2. The largest absolute Gasteiger partial charge is 0.450 e. The van der Waals surface area contributed by atoms with Crippen LogP contribution in [0.4, 0.5) is 0 Å². The Bertz CT molecular complexity index is 1720. The number of carbonyl (C=O) groups is 2. The number of fused-ring (bicyclic) bond motifs is 7. The summed E-state index contributed by atoms with van der Waals surface area (Å²) in [5.74, 6) is 0.923. The van der Waals surface area contributed by atoms with E-state index in [2.05, 4.69) is 81.5 Å². The maximum absolute atomic E-state index is 12.1. The lowest BCUT2D eigenvalue weighted by Crippen LogP contribution is -2.50. The fraction of sp³-hybridized carbons (Fsp3) is 0.659. The summed E-state index contributed by atoms with van der Waals surface area (Å²) in [7, 11) is 0. The summed E-state index contributed by atoms with van der Waals surface area (Å²) in [5.41, 5.74) is 4.55. The zero-order valence-electron chi connectivity index (χ0n) is 30.3. The van der Waals surface area contributed by atoms with Gasteiger partial charge in [0.1, 0.15) is 0 Å². The number of aromatic amines is 1. The predicted octanol–water partition coefficient (Wildman–Crippen LogP) is 5.26. The molecule has 9 nitrogen and oxygen atoms in total. The fourth-order valence-electron chi connectivity index (χ4n) is 11.4. The van der Waals surface area contributed by atoms with Crippen LogP contribution in [-0.2, 0) is 25.5 Å². The minimum absolute atomic E-state index is 0.0988. The molecule has 2 aromatic rings. The lowest BCUT2D eigenvalue weighted by molar-refractivity contribution is -0.149. The van der Waals surface area contributed by atoms with E-state index in [4.69, 9.17) is 9.47 Å². The first-order chi connectivity index (χ1) is 24.8. The molecule has 10 rings (SSSR count). The Morgan fingerprint density at radius 1 is 0.882 bits per heavy atom. The van der Waals surface area contributed by atoms with Gasteiger partial charge < -0.3 is 25.1 Å². The smallest absolute Gasteiger partial charge is 0.331 e. The number of ether oxygens (including phenoxy) is 2. The van der Waals surface area contributed by atoms with Crippen molar-refractivity contribution in [1.29, 1.82) is 0 Å². The molecule has 0 radical (unpaired) electrons. The number of benzene rings is 1. The molecule has 8 atom stereocenters. The lowest BCUT2D eigenvalue weighted by Gasteiger charge is -2.38. The van der Waals surface area contributed by atoms with Crippen LogP contribution in [0.15, 0.2) is 53.8 Å². The molecule has 8 aliphatic rings. The van der Waals surface area contributed by atoms with E-state index >= 15 is 0 Å². The highest BCUT2D eigenvalue weighted by Gasteiger charge is 2.65. The molecule has 4 saturated heterocycles. The summed E-state index contributed by atoms with van der Waals surface area (Å²) >= 11 is 2.09. The number of piperidine rings is 2. The van der Waals surface area contributed by atoms with Gasteiger partial charge in [-0.15, -0.1) is 0 Å². The molecule has 274 valence electrons. The number of esters is 2. The van der Waals surface area contributed by atoms with E-state index in [1.54, 1.807) is 6.08 Å². The number of thioether (sulfide) groups is 1. The molecule has 10 heteroatoms. The van der Waals surface area contributed by atoms with Crippen LogP contribution in [-0.4, -0.2) is 111 Å². The topological polar surface area (TPSA) is 98.9 Å². The molecule has 1 unspecified atom stereocenters. The third-order valence-corrected chi connectivity index (χ3v) is 14.8. The van der Waals surface area contributed by atoms with Crippen molar-refractivity contribution in [1.82, 2.24) is 25.4 Å². The van der Waals surface area contributed by atoms with Crippen LogP contribution < -0.4 is 10.6 Å². The fourth-order valence-corrected chi connectivity index (χ4v) is 12.7. The zero-order valence-corrected chi connectivity index (χ0v) is 31.1. The molecule has 6 aliphatic heterocycles. The number of aromatic nitrogens is 1. The number of rotatable bonds is 9. The molecular weight excluding hydrogens is 659 g/mol. The van der Waals surface area contributed by atoms with E-state index in [9.17, 15) is 9.59 Å². The Hall–Kier alpha value is -2.63. The Morgan fingerprint density at radius 2 is 1.55 bits per heavy atom. The standard InChI is InChI=1S/C23H27N3O2.C18H28N2O2S/c27-22-12-16-11-19(20-13-23(16,28-22)21-7-3-4-10-26(20)21)24-9-8-15-14-25-18-6-2-1-5-17(15)18;1-12(2)19-6-8-23-15-9-13-10-17(21)22-18(13)11-14(15)20-7-4-3-5-16(18)20/h1-2,5-6,12,14,19-21,24-25H,3-4,7-11,13H2;10,12,14-16,19H,3-9,11H2,1-2H3/t19-,20-,21+,23-;14-,15?,16+,18-/m00/s1. The van der Waals surface area contributed by atoms with Crippen LogP contribution in [0.2, 0.25) is 0 Å². The molecule has 1 aromatic heterocycles. The van der Waals surface area contributed by atoms with Crippen LogP contribution in [0.1, 0.15) is 83.6 Å². The highest BCUT2D eigenvalue weighted by Crippen LogP contribution is 2.56. The van der Waals surface area contributed by atoms with Crippen molar-refractivity contribution in [3.63, 3.8) is 0 Å². The minimum atomic E-state index is -0.308. The van der Waals surface area contributed by atoms with E-state index in [0.717, 1.165) is 63.9 Å². The maximum Gasteiger partial charge on any atom is 0.331 e. The van der Waals surface area contributed by atoms with Gasteiger partial charge in [-0.25, -0.2) is 9.59 Å². The highest BCUT2D eigenvalue weighted by atomic mass is 32.2. The Labute approximate surface area is 306 Å². The van der Waals surface area contributed by atoms with Gasteiger partial charge >= 0.3 is 11.9 Å². The quantitative estimate of drug-likeness (QED) is 0.238. The van der Waals surface area contributed by atoms with Gasteiger partial charge in [0, 0.05) is 83.8 Å². The third-order valence-electron chi connectivity index (χ3n) is 13.5. The van der Waals surface area contributed by atoms with Crippen molar-refractivity contribution in [2.45, 2.75) is 137 Å². The highest BCUT2D eigenvalue weighted by molar-refractivity contribution is 8.00. The van der Waals surface area contributed by atoms with Crippen LogP contribution in [0, 0.1) is 0 Å². The Balaban J connectivity index is 0.000000139. The van der Waals surface area contributed by atoms with E-state index in [1.807, 2.05) is 6.08 Å². The maximum atomic E-state index is 12.1. The first-order valence-corrected chi connectivity index (χ1v) is 20.9. The monoisotopic (exact) mass is 713 g/mol. The van der Waals surface area contributed by atoms with Crippen molar-refractivity contribution in [2.24, 2.45) is 0 Å². The van der Waals surface area contributed by atoms with Crippen LogP contribution in [0.5, 0.6) is 0 Å². The molecule has 6 fully saturated rings. The number of hydrogen-bond donors (Lipinski definition) is 3. The Morgan fingerprint density at radius 3 is 2.27 bits per heavy atom. The van der Waals surface area contributed by atoms with Crippen molar-refractivity contribution >= 4 is 34.6 Å². The van der Waals surface area contributed by atoms with E-state index < -0.39 is 0 Å². The number of para-hydroxylation sites is 1. The van der Waals surface area contributed by atoms with E-state index in [-0.39, 0.29) is 23.1 Å². The number of hydrogen-bond acceptors (Lipinski definition) is 9. The molecule has 3 N–H and O–H groups in total. The number of carbonyl (C=O) groups excluding carboxylic acids is 2. The Kier molecular flexibility index (Phi) is 9.14. The van der Waals surface area contributed by atoms with Gasteiger partial charge in [0.15, 0.2) is 11.2 Å². The normalized spacial score (nSPS) is 36.5. The summed E-state index contributed by atoms with van der Waals surface area (Å²) in [5, 5.41) is 9.29. The van der Waals surface area contributed by atoms with E-state index in [0.29, 0.717) is 41.5 Å². The molecule has 2 spiro atoms. The van der Waals surface area contributed by atoms with Gasteiger partial charge in [-0.2, -0.15) is 11.8 Å². The molecule has 2 aliphatic carbocycles. The van der Waals surface area contributed by atoms with Crippen molar-refractivity contribution in [3.05, 3.63) is 59.3 Å². The van der Waals surface area contributed by atoms with Gasteiger partial charge in [0.05, 0.1) is 12.1 Å². The molecule has 51 heavy (non-hydrogen) atoms. The number of H-pyrrole nitrogens is 1. The molecule has 2 saturated carbocycles. The van der Waals surface area contributed by atoms with Crippen molar-refractivity contribution in [2.75, 3.05) is 31.9 Å². The summed E-state index contributed by atoms with van der Waals surface area (Å²) < 4.78 is 11.9. The van der Waals surface area contributed by atoms with E-state index in [1.165, 1.54) is 66.3 Å². The van der Waals surface area contributed by atoms with Gasteiger partial charge in [0.2, 0.25) is 0 Å². The summed E-state index contributed by atoms with van der Waals surface area (Å²) in [6.45, 7) is 8.74. The van der Waals surface area contributed by atoms with Crippen LogP contribution in [0.25, 0.3) is 10.9 Å². The second kappa shape index (κ2) is 13.7. The molecule has 0 amide bonds.